The van der Waals surface area contributed by atoms with Gasteiger partial charge in [-0.3, -0.25) is 5.43 Å². The van der Waals surface area contributed by atoms with Gasteiger partial charge in [0.2, 0.25) is 0 Å². The Balaban J connectivity index is 2.75. The Labute approximate surface area is 105 Å². The van der Waals surface area contributed by atoms with Gasteiger partial charge in [0.1, 0.15) is 11.5 Å². The summed E-state index contributed by atoms with van der Waals surface area (Å²) in [6, 6.07) is 4.97. The summed E-state index contributed by atoms with van der Waals surface area (Å²) in [5.41, 5.74) is 8.15. The molecule has 0 unspecified atom stereocenters. The van der Waals surface area contributed by atoms with Gasteiger partial charge in [-0.1, -0.05) is 0 Å². The molecule has 1 aromatic carbocycles. The smallest absolute Gasteiger partial charge is 0.184 e. The SMILES string of the molecule is CC(C)Oc1ccc(/C=N\NC(N)=S)c(O)c1. The molecule has 5 nitrogen and oxygen atoms in total. The highest BCUT2D eigenvalue weighted by molar-refractivity contribution is 7.80. The third-order valence-corrected chi connectivity index (χ3v) is 1.84. The van der Waals surface area contributed by atoms with Crippen LogP contribution in [0.15, 0.2) is 23.3 Å². The van der Waals surface area contributed by atoms with Crippen LogP contribution >= 0.6 is 12.2 Å². The lowest BCUT2D eigenvalue weighted by Gasteiger charge is -2.10. The molecule has 0 bridgehead atoms. The number of hydrogen-bond donors (Lipinski definition) is 3. The standard InChI is InChI=1S/C11H15N3O2S/c1-7(2)16-9-4-3-8(10(15)5-9)6-13-14-11(12)17/h3-7,15H,1-2H3,(H3,12,14,17)/b13-6-. The molecule has 0 saturated carbocycles. The average molecular weight is 253 g/mol. The molecule has 17 heavy (non-hydrogen) atoms. The number of nitrogens with one attached hydrogen (secondary N) is 1. The molecular weight excluding hydrogens is 238 g/mol. The monoisotopic (exact) mass is 253 g/mol. The van der Waals surface area contributed by atoms with Crippen molar-refractivity contribution in [3.63, 3.8) is 0 Å². The van der Waals surface area contributed by atoms with Crippen molar-refractivity contribution in [2.45, 2.75) is 20.0 Å². The normalized spacial score (nSPS) is 10.8. The fourth-order valence-corrected chi connectivity index (χ4v) is 1.20. The first-order valence-electron chi connectivity index (χ1n) is 5.07. The van der Waals surface area contributed by atoms with Crippen molar-refractivity contribution in [3.8, 4) is 11.5 Å². The first-order chi connectivity index (χ1) is 7.99. The van der Waals surface area contributed by atoms with E-state index < -0.39 is 0 Å². The fourth-order valence-electron chi connectivity index (χ4n) is 1.14. The van der Waals surface area contributed by atoms with Gasteiger partial charge in [-0.25, -0.2) is 0 Å². The summed E-state index contributed by atoms with van der Waals surface area (Å²) in [6.45, 7) is 3.83. The maximum atomic E-state index is 9.71. The summed E-state index contributed by atoms with van der Waals surface area (Å²) in [5.74, 6) is 0.689. The molecule has 6 heteroatoms. The Kier molecular flexibility index (Phi) is 4.71. The van der Waals surface area contributed by atoms with Gasteiger partial charge in [-0.2, -0.15) is 5.10 Å². The van der Waals surface area contributed by atoms with Crippen LogP contribution in [-0.2, 0) is 0 Å². The molecule has 1 aromatic rings. The van der Waals surface area contributed by atoms with Crippen molar-refractivity contribution >= 4 is 23.5 Å². The lowest BCUT2D eigenvalue weighted by molar-refractivity contribution is 0.241. The summed E-state index contributed by atoms with van der Waals surface area (Å²) >= 11 is 4.58. The first kappa shape index (κ1) is 13.2. The van der Waals surface area contributed by atoms with Gasteiger partial charge in [-0.05, 0) is 38.2 Å². The minimum Gasteiger partial charge on any atom is -0.507 e. The van der Waals surface area contributed by atoms with E-state index in [0.717, 1.165) is 0 Å². The number of phenols is 1. The highest BCUT2D eigenvalue weighted by Gasteiger charge is 2.02. The van der Waals surface area contributed by atoms with Crippen molar-refractivity contribution in [2.24, 2.45) is 10.8 Å². The predicted molar refractivity (Wildman–Crippen MR) is 71.4 cm³/mol. The van der Waals surface area contributed by atoms with Gasteiger partial charge >= 0.3 is 0 Å². The number of hydrogen-bond acceptors (Lipinski definition) is 4. The number of aromatic hydroxyl groups is 1. The van der Waals surface area contributed by atoms with E-state index in [1.165, 1.54) is 12.3 Å². The number of hydrazone groups is 1. The molecular formula is C11H15N3O2S. The van der Waals surface area contributed by atoms with Gasteiger partial charge in [0.05, 0.1) is 12.3 Å². The maximum absolute atomic E-state index is 9.71. The summed E-state index contributed by atoms with van der Waals surface area (Å²) < 4.78 is 5.43. The van der Waals surface area contributed by atoms with Gasteiger partial charge in [0.15, 0.2) is 5.11 Å². The minimum absolute atomic E-state index is 0.0604. The molecule has 92 valence electrons. The zero-order valence-corrected chi connectivity index (χ0v) is 10.5. The Morgan fingerprint density at radius 3 is 2.82 bits per heavy atom. The topological polar surface area (TPSA) is 79.9 Å². The minimum atomic E-state index is 0.0604. The van der Waals surface area contributed by atoms with Crippen LogP contribution in [0, 0.1) is 0 Å². The van der Waals surface area contributed by atoms with Crippen molar-refractivity contribution in [1.29, 1.82) is 0 Å². The third-order valence-electron chi connectivity index (χ3n) is 1.75. The van der Waals surface area contributed by atoms with Crippen LogP contribution in [-0.4, -0.2) is 22.5 Å². The molecule has 0 spiro atoms. The van der Waals surface area contributed by atoms with Crippen LogP contribution in [0.1, 0.15) is 19.4 Å². The largest absolute Gasteiger partial charge is 0.507 e. The fraction of sp³-hybridized carbons (Fsp3) is 0.273. The van der Waals surface area contributed by atoms with E-state index in [-0.39, 0.29) is 17.0 Å². The first-order valence-corrected chi connectivity index (χ1v) is 5.48. The van der Waals surface area contributed by atoms with Crippen LogP contribution in [0.25, 0.3) is 0 Å². The Bertz CT molecular complexity index is 433. The van der Waals surface area contributed by atoms with E-state index >= 15 is 0 Å². The highest BCUT2D eigenvalue weighted by Crippen LogP contribution is 2.22. The van der Waals surface area contributed by atoms with Gasteiger partial charge < -0.3 is 15.6 Å². The number of thiocarbonyl (C=S) groups is 1. The summed E-state index contributed by atoms with van der Waals surface area (Å²) in [6.07, 6.45) is 1.48. The second-order valence-electron chi connectivity index (χ2n) is 3.62. The predicted octanol–water partition coefficient (Wildman–Crippen LogP) is 1.35. The second-order valence-corrected chi connectivity index (χ2v) is 4.06. The Hall–Kier alpha value is -1.82. The van der Waals surface area contributed by atoms with Gasteiger partial charge in [0, 0.05) is 11.6 Å². The molecule has 0 heterocycles. The molecule has 0 amide bonds. The number of nitrogens with zero attached hydrogens (tertiary/aromatic N) is 1. The molecule has 0 radical (unpaired) electrons. The summed E-state index contributed by atoms with van der Waals surface area (Å²) in [5, 5.41) is 13.5. The quantitative estimate of drug-likeness (QED) is 0.429. The van der Waals surface area contributed by atoms with Crippen molar-refractivity contribution in [1.82, 2.24) is 5.43 Å². The lowest BCUT2D eigenvalue weighted by atomic mass is 10.2. The van der Waals surface area contributed by atoms with Crippen LogP contribution < -0.4 is 15.9 Å². The molecule has 0 aliphatic heterocycles. The van der Waals surface area contributed by atoms with E-state index in [1.54, 1.807) is 12.1 Å². The van der Waals surface area contributed by atoms with Gasteiger partial charge in [0.25, 0.3) is 0 Å². The summed E-state index contributed by atoms with van der Waals surface area (Å²) in [7, 11) is 0. The maximum Gasteiger partial charge on any atom is 0.184 e. The van der Waals surface area contributed by atoms with Crippen molar-refractivity contribution < 1.29 is 9.84 Å². The van der Waals surface area contributed by atoms with Crippen LogP contribution in [0.4, 0.5) is 0 Å². The molecule has 0 aliphatic rings. The number of rotatable bonds is 4. The summed E-state index contributed by atoms with van der Waals surface area (Å²) in [4.78, 5) is 0. The van der Waals surface area contributed by atoms with E-state index in [0.29, 0.717) is 11.3 Å². The zero-order valence-electron chi connectivity index (χ0n) is 9.68. The Morgan fingerprint density at radius 2 is 2.29 bits per heavy atom. The van der Waals surface area contributed by atoms with E-state index in [1.807, 2.05) is 13.8 Å². The highest BCUT2D eigenvalue weighted by atomic mass is 32.1. The van der Waals surface area contributed by atoms with Crippen LogP contribution in [0.5, 0.6) is 11.5 Å². The molecule has 0 atom stereocenters. The second kappa shape index (κ2) is 6.05. The van der Waals surface area contributed by atoms with Crippen LogP contribution in [0.3, 0.4) is 0 Å². The average Bonchev–Trinajstić information content (AvgIpc) is 2.20. The van der Waals surface area contributed by atoms with E-state index in [9.17, 15) is 5.11 Å². The third kappa shape index (κ3) is 4.69. The zero-order chi connectivity index (χ0) is 12.8. The number of nitrogens with two attached hydrogens (primary N) is 1. The molecule has 4 N–H and O–H groups in total. The lowest BCUT2D eigenvalue weighted by Crippen LogP contribution is -2.23. The number of benzene rings is 1. The molecule has 0 aromatic heterocycles. The number of phenolic OH excluding ortho intramolecular Hbond substituents is 1. The Morgan fingerprint density at radius 1 is 1.59 bits per heavy atom. The molecule has 0 saturated heterocycles. The van der Waals surface area contributed by atoms with Crippen LogP contribution in [0.2, 0.25) is 0 Å². The molecule has 0 fully saturated rings. The van der Waals surface area contributed by atoms with Crippen molar-refractivity contribution in [3.05, 3.63) is 23.8 Å². The molecule has 0 aliphatic carbocycles. The van der Waals surface area contributed by atoms with Gasteiger partial charge in [-0.15, -0.1) is 0 Å². The van der Waals surface area contributed by atoms with E-state index in [2.05, 4.69) is 22.7 Å². The number of ether oxygens (including phenoxy) is 1. The van der Waals surface area contributed by atoms with Crippen molar-refractivity contribution in [2.75, 3.05) is 0 Å². The van der Waals surface area contributed by atoms with E-state index in [4.69, 9.17) is 10.5 Å². The molecule has 1 rings (SSSR count).